The van der Waals surface area contributed by atoms with Gasteiger partial charge < -0.3 is 11.1 Å². The Kier molecular flexibility index (Phi) is 6.90. The van der Waals surface area contributed by atoms with Gasteiger partial charge in [-0.05, 0) is 30.7 Å². The quantitative estimate of drug-likeness (QED) is 0.681. The summed E-state index contributed by atoms with van der Waals surface area (Å²) in [6.07, 6.45) is 2.29. The van der Waals surface area contributed by atoms with Crippen LogP contribution in [0.15, 0.2) is 21.7 Å². The minimum absolute atomic E-state index is 0.182. The molecule has 1 radical (unpaired) electrons. The molecule has 26 heavy (non-hydrogen) atoms. The van der Waals surface area contributed by atoms with Crippen molar-refractivity contribution in [3.05, 3.63) is 23.9 Å². The Labute approximate surface area is 156 Å². The number of carbonyl (C=O) groups excluding carboxylic acids is 3. The van der Waals surface area contributed by atoms with E-state index in [1.54, 1.807) is 18.4 Å². The van der Waals surface area contributed by atoms with Crippen molar-refractivity contribution in [2.45, 2.75) is 36.4 Å². The van der Waals surface area contributed by atoms with Gasteiger partial charge >= 0.3 is 0 Å². The molecule has 1 aromatic rings. The Morgan fingerprint density at radius 2 is 2.23 bits per heavy atom. The molecule has 0 aliphatic carbocycles. The van der Waals surface area contributed by atoms with Gasteiger partial charge in [-0.3, -0.25) is 14.4 Å². The van der Waals surface area contributed by atoms with Crippen LogP contribution in [-0.2, 0) is 24.4 Å². The molecule has 0 spiro atoms. The second-order valence-corrected chi connectivity index (χ2v) is 9.30. The summed E-state index contributed by atoms with van der Waals surface area (Å²) < 4.78 is 26.5. The molecule has 2 heterocycles. The molecule has 0 aromatic carbocycles. The molecular weight excluding hydrogens is 378 g/mol. The maximum atomic E-state index is 12.6. The monoisotopic (exact) mass is 400 g/mol. The van der Waals surface area contributed by atoms with Gasteiger partial charge in [0.15, 0.2) is 5.78 Å². The van der Waals surface area contributed by atoms with Crippen molar-refractivity contribution in [3.63, 3.8) is 0 Å². The van der Waals surface area contributed by atoms with Crippen molar-refractivity contribution in [2.75, 3.05) is 13.1 Å². The molecule has 0 saturated carbocycles. The highest BCUT2D eigenvalue weighted by molar-refractivity contribution is 7.91. The van der Waals surface area contributed by atoms with Crippen molar-refractivity contribution in [3.8, 4) is 0 Å². The highest BCUT2D eigenvalue weighted by Gasteiger charge is 2.33. The highest BCUT2D eigenvalue weighted by Crippen LogP contribution is 2.23. The molecule has 1 saturated heterocycles. The molecule has 1 aliphatic rings. The number of hydrogen-bond acceptors (Lipinski definition) is 6. The van der Waals surface area contributed by atoms with Gasteiger partial charge in [0, 0.05) is 12.5 Å². The van der Waals surface area contributed by atoms with Crippen molar-refractivity contribution < 1.29 is 22.8 Å². The van der Waals surface area contributed by atoms with Crippen molar-refractivity contribution in [2.24, 2.45) is 11.7 Å². The number of nitrogens with one attached hydrogen (secondary N) is 1. The van der Waals surface area contributed by atoms with E-state index in [-0.39, 0.29) is 29.5 Å². The van der Waals surface area contributed by atoms with Crippen LogP contribution in [-0.4, -0.2) is 49.5 Å². The number of thiophene rings is 1. The van der Waals surface area contributed by atoms with Crippen LogP contribution < -0.4 is 11.1 Å². The van der Waals surface area contributed by atoms with Gasteiger partial charge in [-0.15, -0.1) is 11.3 Å². The minimum atomic E-state index is -3.70. The first-order valence-electron chi connectivity index (χ1n) is 8.21. The molecule has 1 aromatic heterocycles. The summed E-state index contributed by atoms with van der Waals surface area (Å²) in [5, 5.41) is 4.26. The number of amides is 2. The van der Waals surface area contributed by atoms with E-state index in [1.165, 1.54) is 12.5 Å². The van der Waals surface area contributed by atoms with Gasteiger partial charge in [-0.1, -0.05) is 13.0 Å². The molecule has 10 heteroatoms. The second-order valence-electron chi connectivity index (χ2n) is 6.18. The predicted octanol–water partition coefficient (Wildman–Crippen LogP) is 0.302. The lowest BCUT2D eigenvalue weighted by atomic mass is 10.0. The van der Waals surface area contributed by atoms with E-state index < -0.39 is 33.8 Å². The highest BCUT2D eigenvalue weighted by atomic mass is 32.2. The number of nitrogens with two attached hydrogens (primary N) is 1. The number of ketones is 1. The van der Waals surface area contributed by atoms with Crippen LogP contribution in [0.1, 0.15) is 26.2 Å². The number of hydrogen-bond donors (Lipinski definition) is 2. The lowest BCUT2D eigenvalue weighted by Gasteiger charge is -2.19. The van der Waals surface area contributed by atoms with Crippen LogP contribution in [0.3, 0.4) is 0 Å². The average Bonchev–Trinajstić information content (AvgIpc) is 3.06. The lowest BCUT2D eigenvalue weighted by Crippen LogP contribution is -2.44. The fraction of sp³-hybridized carbons (Fsp3) is 0.500. The number of primary amides is 1. The van der Waals surface area contributed by atoms with Gasteiger partial charge in [-0.25, -0.2) is 8.42 Å². The first kappa shape index (κ1) is 20.5. The number of Topliss-reactive ketones (excluding diaryl/α,β-unsaturated/α-hetero) is 1. The standard InChI is InChI=1S/C16H22N3O5S2/c1-11(16(17)22)6-7-14(21)18-12-4-2-8-19(10-13(12)20)26(23,24)15-5-3-9-25-15/h3,5,7,9,11-12H,2,4,6,8,10H2,1H3,(H2,17,22)(H,18,21)/t11?,12-/m0/s1. The van der Waals surface area contributed by atoms with Gasteiger partial charge in [0.2, 0.25) is 11.8 Å². The zero-order valence-corrected chi connectivity index (χ0v) is 16.0. The third kappa shape index (κ3) is 5.12. The van der Waals surface area contributed by atoms with Crippen molar-refractivity contribution >= 4 is 39.0 Å². The van der Waals surface area contributed by atoms with E-state index in [9.17, 15) is 22.8 Å². The summed E-state index contributed by atoms with van der Waals surface area (Å²) in [6, 6.07) is 2.40. The topological polar surface area (TPSA) is 127 Å². The predicted molar refractivity (Wildman–Crippen MR) is 96.5 cm³/mol. The SMILES string of the molecule is CC(C[CH]C(=O)N[C@H]1CCCN(S(=O)(=O)c2cccs2)CC1=O)C(N)=O. The Morgan fingerprint density at radius 1 is 1.50 bits per heavy atom. The van der Waals surface area contributed by atoms with E-state index in [2.05, 4.69) is 5.32 Å². The molecule has 1 unspecified atom stereocenters. The van der Waals surface area contributed by atoms with Gasteiger partial charge in [0.25, 0.3) is 10.0 Å². The smallest absolute Gasteiger partial charge is 0.252 e. The largest absolute Gasteiger partial charge is 0.369 e. The van der Waals surface area contributed by atoms with E-state index in [0.29, 0.717) is 12.8 Å². The number of sulfonamides is 1. The fourth-order valence-electron chi connectivity index (χ4n) is 2.52. The van der Waals surface area contributed by atoms with Crippen molar-refractivity contribution in [1.29, 1.82) is 0 Å². The van der Waals surface area contributed by atoms with Crippen LogP contribution in [0.4, 0.5) is 0 Å². The summed E-state index contributed by atoms with van der Waals surface area (Å²) >= 11 is 1.10. The van der Waals surface area contributed by atoms with Gasteiger partial charge in [0.1, 0.15) is 4.21 Å². The summed E-state index contributed by atoms with van der Waals surface area (Å²) in [6.45, 7) is 1.56. The summed E-state index contributed by atoms with van der Waals surface area (Å²) in [5.74, 6) is -1.80. The Balaban J connectivity index is 1.95. The average molecular weight is 401 g/mol. The number of carbonyl (C=O) groups is 3. The molecule has 1 aliphatic heterocycles. The molecule has 3 N–H and O–H groups in total. The van der Waals surface area contributed by atoms with Gasteiger partial charge in [0.05, 0.1) is 19.0 Å². The minimum Gasteiger partial charge on any atom is -0.369 e. The summed E-state index contributed by atoms with van der Waals surface area (Å²) in [4.78, 5) is 35.4. The fourth-order valence-corrected chi connectivity index (χ4v) is 5.11. The lowest BCUT2D eigenvalue weighted by molar-refractivity contribution is -0.126. The van der Waals surface area contributed by atoms with Crippen LogP contribution in [0.25, 0.3) is 0 Å². The Bertz CT molecular complexity index is 761. The summed E-state index contributed by atoms with van der Waals surface area (Å²) in [7, 11) is -3.70. The molecule has 1 fully saturated rings. The van der Waals surface area contributed by atoms with Crippen LogP contribution in [0.5, 0.6) is 0 Å². The van der Waals surface area contributed by atoms with Crippen LogP contribution in [0.2, 0.25) is 0 Å². The molecule has 2 atom stereocenters. The Hall–Kier alpha value is -1.78. The first-order chi connectivity index (χ1) is 12.2. The summed E-state index contributed by atoms with van der Waals surface area (Å²) in [5.41, 5.74) is 5.14. The zero-order chi connectivity index (χ0) is 19.3. The number of nitrogens with zero attached hydrogens (tertiary/aromatic N) is 1. The van der Waals surface area contributed by atoms with Gasteiger partial charge in [-0.2, -0.15) is 4.31 Å². The van der Waals surface area contributed by atoms with Crippen LogP contribution in [0, 0.1) is 12.3 Å². The maximum absolute atomic E-state index is 12.6. The molecule has 143 valence electrons. The molecule has 0 bridgehead atoms. The normalized spacial score (nSPS) is 20.3. The van der Waals surface area contributed by atoms with Crippen molar-refractivity contribution in [1.82, 2.24) is 9.62 Å². The van der Waals surface area contributed by atoms with E-state index in [0.717, 1.165) is 15.6 Å². The van der Waals surface area contributed by atoms with E-state index >= 15 is 0 Å². The third-order valence-corrected chi connectivity index (χ3v) is 7.39. The Morgan fingerprint density at radius 3 is 2.85 bits per heavy atom. The number of rotatable bonds is 7. The van der Waals surface area contributed by atoms with E-state index in [4.69, 9.17) is 5.73 Å². The second kappa shape index (κ2) is 8.74. The maximum Gasteiger partial charge on any atom is 0.252 e. The first-order valence-corrected chi connectivity index (χ1v) is 10.5. The van der Waals surface area contributed by atoms with Crippen LogP contribution >= 0.6 is 11.3 Å². The molecule has 2 amide bonds. The molecule has 2 rings (SSSR count). The van der Waals surface area contributed by atoms with E-state index in [1.807, 2.05) is 0 Å². The zero-order valence-electron chi connectivity index (χ0n) is 14.4. The third-order valence-electron chi connectivity index (χ3n) is 4.17. The molecule has 8 nitrogen and oxygen atoms in total. The molecular formula is C16H22N3O5S2.